The van der Waals surface area contributed by atoms with E-state index in [1.165, 1.54) is 6.92 Å². The van der Waals surface area contributed by atoms with Gasteiger partial charge in [0.15, 0.2) is 12.3 Å². The predicted molar refractivity (Wildman–Crippen MR) is 106 cm³/mol. The molecule has 0 unspecified atom stereocenters. The maximum atomic E-state index is 12.5. The topological polar surface area (TPSA) is 125 Å². The third-order valence-electron chi connectivity index (χ3n) is 3.76. The SMILES string of the molecule is C/C(O)=C(\C(=O)OC(C)(C)C)N1C(=O)[C@@H](NC(=O)COc2ccccc2)[C@H]1SO. The second kappa shape index (κ2) is 9.19. The van der Waals surface area contributed by atoms with Gasteiger partial charge in [0, 0.05) is 12.0 Å². The number of benzene rings is 1. The molecule has 1 saturated heterocycles. The molecule has 0 aromatic heterocycles. The molecule has 2 rings (SSSR count). The van der Waals surface area contributed by atoms with Gasteiger partial charge in [-0.25, -0.2) is 4.79 Å². The Morgan fingerprint density at radius 2 is 1.86 bits per heavy atom. The Bertz CT molecular complexity index is 801. The van der Waals surface area contributed by atoms with Crippen LogP contribution in [0.2, 0.25) is 0 Å². The van der Waals surface area contributed by atoms with E-state index in [9.17, 15) is 24.0 Å². The van der Waals surface area contributed by atoms with Crippen molar-refractivity contribution >= 4 is 29.8 Å². The first-order valence-electron chi connectivity index (χ1n) is 8.79. The lowest BCUT2D eigenvalue weighted by atomic mass is 10.0. The van der Waals surface area contributed by atoms with Gasteiger partial charge in [-0.2, -0.15) is 0 Å². The zero-order valence-electron chi connectivity index (χ0n) is 16.5. The van der Waals surface area contributed by atoms with Crippen molar-refractivity contribution in [3.8, 4) is 5.75 Å². The second-order valence-electron chi connectivity index (χ2n) is 7.29. The van der Waals surface area contributed by atoms with Crippen molar-refractivity contribution in [2.24, 2.45) is 0 Å². The van der Waals surface area contributed by atoms with E-state index in [0.29, 0.717) is 5.75 Å². The molecule has 2 amide bonds. The lowest BCUT2D eigenvalue weighted by Gasteiger charge is -2.45. The van der Waals surface area contributed by atoms with E-state index in [1.54, 1.807) is 51.1 Å². The fourth-order valence-corrected chi connectivity index (χ4v) is 3.18. The standard InChI is InChI=1S/C19H24N2O7S/c1-11(22)15(18(25)28-19(2,3)4)21-16(24)14(17(21)29-26)20-13(23)10-27-12-8-6-5-7-9-12/h5-9,14,17,22,26H,10H2,1-4H3,(H,20,23)/b15-11-/t14-,17-/m1/s1. The summed E-state index contributed by atoms with van der Waals surface area (Å²) in [6.07, 6.45) is 0. The van der Waals surface area contributed by atoms with Crippen LogP contribution in [-0.2, 0) is 19.1 Å². The number of esters is 1. The van der Waals surface area contributed by atoms with Crippen molar-refractivity contribution in [3.63, 3.8) is 0 Å². The van der Waals surface area contributed by atoms with Gasteiger partial charge in [0.25, 0.3) is 11.8 Å². The average molecular weight is 424 g/mol. The molecule has 29 heavy (non-hydrogen) atoms. The van der Waals surface area contributed by atoms with Crippen LogP contribution in [0, 0.1) is 0 Å². The molecule has 1 fully saturated rings. The number of carbonyl (C=O) groups is 3. The number of amides is 2. The fraction of sp³-hybridized carbons (Fsp3) is 0.421. The number of aliphatic hydroxyl groups is 1. The first kappa shape index (κ1) is 22.6. The highest BCUT2D eigenvalue weighted by atomic mass is 32.2. The molecule has 1 heterocycles. The molecule has 0 spiro atoms. The molecule has 0 aliphatic carbocycles. The van der Waals surface area contributed by atoms with Crippen LogP contribution in [0.5, 0.6) is 5.75 Å². The van der Waals surface area contributed by atoms with Gasteiger partial charge in [-0.1, -0.05) is 18.2 Å². The van der Waals surface area contributed by atoms with Crippen LogP contribution in [0.4, 0.5) is 0 Å². The molecular weight excluding hydrogens is 400 g/mol. The summed E-state index contributed by atoms with van der Waals surface area (Å²) in [7, 11) is 0. The van der Waals surface area contributed by atoms with Gasteiger partial charge >= 0.3 is 5.97 Å². The molecule has 2 atom stereocenters. The Morgan fingerprint density at radius 3 is 2.38 bits per heavy atom. The Balaban J connectivity index is 2.05. The molecule has 0 radical (unpaired) electrons. The smallest absolute Gasteiger partial charge is 0.359 e. The molecule has 1 aromatic rings. The lowest BCUT2D eigenvalue weighted by Crippen LogP contribution is -2.70. The maximum Gasteiger partial charge on any atom is 0.359 e. The zero-order valence-corrected chi connectivity index (χ0v) is 17.4. The first-order valence-corrected chi connectivity index (χ1v) is 9.62. The highest BCUT2D eigenvalue weighted by molar-refractivity contribution is 7.94. The molecule has 10 heteroatoms. The summed E-state index contributed by atoms with van der Waals surface area (Å²) in [5.41, 5.74) is -1.24. The minimum atomic E-state index is -1.09. The number of nitrogens with zero attached hydrogens (tertiary/aromatic N) is 1. The molecule has 158 valence electrons. The Morgan fingerprint density at radius 1 is 1.24 bits per heavy atom. The highest BCUT2D eigenvalue weighted by Crippen LogP contribution is 2.34. The number of hydrogen-bond acceptors (Lipinski definition) is 8. The van der Waals surface area contributed by atoms with Crippen LogP contribution in [0.3, 0.4) is 0 Å². The van der Waals surface area contributed by atoms with Crippen molar-refractivity contribution < 1.29 is 33.5 Å². The molecule has 9 nitrogen and oxygen atoms in total. The predicted octanol–water partition coefficient (Wildman–Crippen LogP) is 2.06. The van der Waals surface area contributed by atoms with Gasteiger partial charge in [-0.15, -0.1) is 0 Å². The number of allylic oxidation sites excluding steroid dienone is 1. The van der Waals surface area contributed by atoms with Crippen LogP contribution in [0.1, 0.15) is 27.7 Å². The van der Waals surface area contributed by atoms with E-state index < -0.39 is 40.6 Å². The molecule has 1 aliphatic rings. The molecule has 1 aliphatic heterocycles. The van der Waals surface area contributed by atoms with E-state index in [1.807, 2.05) is 0 Å². The number of aliphatic hydroxyl groups excluding tert-OH is 1. The van der Waals surface area contributed by atoms with E-state index >= 15 is 0 Å². The van der Waals surface area contributed by atoms with Gasteiger partial charge in [-0.3, -0.25) is 14.5 Å². The molecular formula is C19H24N2O7S. The largest absolute Gasteiger partial charge is 0.510 e. The summed E-state index contributed by atoms with van der Waals surface area (Å²) in [4.78, 5) is 38.0. The van der Waals surface area contributed by atoms with Crippen molar-refractivity contribution in [1.29, 1.82) is 0 Å². The summed E-state index contributed by atoms with van der Waals surface area (Å²) in [5, 5.41) is 11.4. The van der Waals surface area contributed by atoms with Crippen LogP contribution in [0.25, 0.3) is 0 Å². The van der Waals surface area contributed by atoms with E-state index in [-0.39, 0.29) is 24.3 Å². The number of carbonyl (C=O) groups excluding carboxylic acids is 3. The summed E-state index contributed by atoms with van der Waals surface area (Å²) in [6, 6.07) is 7.57. The Labute approximate surface area is 172 Å². The summed E-state index contributed by atoms with van der Waals surface area (Å²) < 4.78 is 20.1. The van der Waals surface area contributed by atoms with Gasteiger partial charge in [0.05, 0.1) is 0 Å². The van der Waals surface area contributed by atoms with Crippen molar-refractivity contribution in [2.45, 2.75) is 44.7 Å². The lowest BCUT2D eigenvalue weighted by molar-refractivity contribution is -0.159. The summed E-state index contributed by atoms with van der Waals surface area (Å²) >= 11 is 0.266. The minimum Gasteiger partial charge on any atom is -0.510 e. The van der Waals surface area contributed by atoms with Crippen molar-refractivity contribution in [3.05, 3.63) is 41.8 Å². The van der Waals surface area contributed by atoms with Crippen molar-refractivity contribution in [1.82, 2.24) is 10.2 Å². The van der Waals surface area contributed by atoms with E-state index in [2.05, 4.69) is 5.32 Å². The highest BCUT2D eigenvalue weighted by Gasteiger charge is 2.53. The quantitative estimate of drug-likeness (QED) is 0.200. The maximum absolute atomic E-state index is 12.5. The number of ether oxygens (including phenoxy) is 2. The van der Waals surface area contributed by atoms with Gasteiger partial charge in [0.1, 0.15) is 28.5 Å². The molecule has 0 saturated carbocycles. The third-order valence-corrected chi connectivity index (χ3v) is 4.46. The average Bonchev–Trinajstić information content (AvgIpc) is 2.63. The van der Waals surface area contributed by atoms with E-state index in [4.69, 9.17) is 9.47 Å². The number of hydrogen-bond donors (Lipinski definition) is 3. The first-order chi connectivity index (χ1) is 13.5. The van der Waals surface area contributed by atoms with Gasteiger partial charge < -0.3 is 24.4 Å². The molecule has 3 N–H and O–H groups in total. The monoisotopic (exact) mass is 424 g/mol. The normalized spacial score (nSPS) is 19.8. The zero-order chi connectivity index (χ0) is 21.8. The van der Waals surface area contributed by atoms with E-state index in [0.717, 1.165) is 4.90 Å². The molecule has 0 bridgehead atoms. The Kier molecular flexibility index (Phi) is 7.15. The number of nitrogens with one attached hydrogen (secondary N) is 1. The van der Waals surface area contributed by atoms with Crippen LogP contribution < -0.4 is 10.1 Å². The minimum absolute atomic E-state index is 0.266. The van der Waals surface area contributed by atoms with Gasteiger partial charge in [0.2, 0.25) is 0 Å². The number of likely N-dealkylation sites (tertiary alicyclic amines) is 1. The summed E-state index contributed by atoms with van der Waals surface area (Å²) in [5.74, 6) is -2.11. The van der Waals surface area contributed by atoms with Crippen LogP contribution in [0.15, 0.2) is 41.8 Å². The Hall–Kier alpha value is -2.72. The number of rotatable bonds is 7. The van der Waals surface area contributed by atoms with Gasteiger partial charge in [-0.05, 0) is 39.8 Å². The van der Waals surface area contributed by atoms with Crippen LogP contribution >= 0.6 is 12.0 Å². The fourth-order valence-electron chi connectivity index (χ4n) is 2.57. The molecule has 1 aromatic carbocycles. The number of para-hydroxylation sites is 1. The number of β-lactam (4-membered cyclic amide) rings is 1. The third kappa shape index (κ3) is 5.64. The van der Waals surface area contributed by atoms with Crippen molar-refractivity contribution in [2.75, 3.05) is 6.61 Å². The second-order valence-corrected chi connectivity index (χ2v) is 7.98. The summed E-state index contributed by atoms with van der Waals surface area (Å²) in [6.45, 7) is 5.82. The van der Waals surface area contributed by atoms with Crippen LogP contribution in [-0.4, -0.2) is 56.0 Å².